The maximum absolute atomic E-state index is 12.3. The van der Waals surface area contributed by atoms with Crippen molar-refractivity contribution in [1.82, 2.24) is 0 Å². The van der Waals surface area contributed by atoms with E-state index in [1.54, 1.807) is 0 Å². The molecule has 0 atom stereocenters. The van der Waals surface area contributed by atoms with Crippen molar-refractivity contribution in [2.75, 3.05) is 18.0 Å². The van der Waals surface area contributed by atoms with E-state index < -0.39 is 5.97 Å². The van der Waals surface area contributed by atoms with E-state index in [1.165, 1.54) is 19.3 Å². The lowest BCUT2D eigenvalue weighted by Gasteiger charge is -2.29. The summed E-state index contributed by atoms with van der Waals surface area (Å²) in [5.74, 6) is -0.442. The summed E-state index contributed by atoms with van der Waals surface area (Å²) >= 11 is 0. The minimum atomic E-state index is -0.442. The molecule has 2 aromatic carbocycles. The number of hydrogen-bond acceptors (Lipinski definition) is 4. The Labute approximate surface area is 142 Å². The standard InChI is InChI=1S/C20H23NO3/c1-16-10-11-18(21-12-6-3-7-13-21)14-19(16)20(22)24-23-15-17-8-4-2-5-9-17/h2,4-5,8-11,14H,3,6-7,12-13,15H2,1H3. The Morgan fingerprint density at radius 1 is 1.04 bits per heavy atom. The molecule has 0 saturated carbocycles. The molecule has 0 bridgehead atoms. The number of carbonyl (C=O) groups excluding carboxylic acids is 1. The predicted molar refractivity (Wildman–Crippen MR) is 93.9 cm³/mol. The van der Waals surface area contributed by atoms with Gasteiger partial charge >= 0.3 is 5.97 Å². The fourth-order valence-corrected chi connectivity index (χ4v) is 2.95. The van der Waals surface area contributed by atoms with Crippen LogP contribution in [0.15, 0.2) is 48.5 Å². The van der Waals surface area contributed by atoms with Gasteiger partial charge in [-0.25, -0.2) is 4.79 Å². The Hall–Kier alpha value is -2.33. The smallest absolute Gasteiger partial charge is 0.372 e. The summed E-state index contributed by atoms with van der Waals surface area (Å²) in [5.41, 5.74) is 3.50. The summed E-state index contributed by atoms with van der Waals surface area (Å²) in [5, 5.41) is 0. The minimum absolute atomic E-state index is 0.247. The van der Waals surface area contributed by atoms with E-state index in [4.69, 9.17) is 9.78 Å². The highest BCUT2D eigenvalue weighted by Gasteiger charge is 2.16. The first-order valence-corrected chi connectivity index (χ1v) is 8.47. The van der Waals surface area contributed by atoms with Crippen LogP contribution in [0.4, 0.5) is 5.69 Å². The van der Waals surface area contributed by atoms with E-state index in [1.807, 2.05) is 49.4 Å². The molecule has 2 aromatic rings. The molecule has 0 spiro atoms. The van der Waals surface area contributed by atoms with Gasteiger partial charge in [-0.1, -0.05) is 36.4 Å². The second kappa shape index (κ2) is 7.97. The lowest BCUT2D eigenvalue weighted by atomic mass is 10.1. The minimum Gasteiger partial charge on any atom is -0.372 e. The van der Waals surface area contributed by atoms with Crippen LogP contribution in [0.1, 0.15) is 40.7 Å². The average Bonchev–Trinajstić information content (AvgIpc) is 2.63. The highest BCUT2D eigenvalue weighted by molar-refractivity contribution is 5.91. The van der Waals surface area contributed by atoms with Crippen LogP contribution in [-0.2, 0) is 16.4 Å². The van der Waals surface area contributed by atoms with Gasteiger partial charge in [0.05, 0.1) is 5.56 Å². The summed E-state index contributed by atoms with van der Waals surface area (Å²) in [6.07, 6.45) is 3.69. The van der Waals surface area contributed by atoms with Crippen molar-refractivity contribution in [1.29, 1.82) is 0 Å². The Bertz CT molecular complexity index is 679. The first kappa shape index (κ1) is 16.5. The highest BCUT2D eigenvalue weighted by Crippen LogP contribution is 2.23. The molecule has 0 aliphatic carbocycles. The maximum atomic E-state index is 12.3. The van der Waals surface area contributed by atoms with Crippen LogP contribution in [0.3, 0.4) is 0 Å². The van der Waals surface area contributed by atoms with E-state index in [0.29, 0.717) is 5.56 Å². The molecule has 1 fully saturated rings. The molecule has 24 heavy (non-hydrogen) atoms. The van der Waals surface area contributed by atoms with Crippen molar-refractivity contribution in [3.63, 3.8) is 0 Å². The zero-order valence-electron chi connectivity index (χ0n) is 14.0. The summed E-state index contributed by atoms with van der Waals surface area (Å²) in [6, 6.07) is 15.6. The van der Waals surface area contributed by atoms with Gasteiger partial charge in [0.1, 0.15) is 6.61 Å². The molecular formula is C20H23NO3. The van der Waals surface area contributed by atoms with Gasteiger partial charge in [0.2, 0.25) is 0 Å². The van der Waals surface area contributed by atoms with Gasteiger partial charge in [0, 0.05) is 18.8 Å². The number of hydrogen-bond donors (Lipinski definition) is 0. The molecular weight excluding hydrogens is 302 g/mol. The second-order valence-corrected chi connectivity index (χ2v) is 6.17. The number of piperidine rings is 1. The van der Waals surface area contributed by atoms with E-state index >= 15 is 0 Å². The molecule has 4 heteroatoms. The van der Waals surface area contributed by atoms with E-state index in [-0.39, 0.29) is 6.61 Å². The van der Waals surface area contributed by atoms with E-state index in [2.05, 4.69) is 11.0 Å². The molecule has 0 radical (unpaired) electrons. The maximum Gasteiger partial charge on any atom is 0.373 e. The predicted octanol–water partition coefficient (Wildman–Crippen LogP) is 4.27. The lowest BCUT2D eigenvalue weighted by molar-refractivity contribution is -0.250. The van der Waals surface area contributed by atoms with E-state index in [9.17, 15) is 4.79 Å². The molecule has 4 nitrogen and oxygen atoms in total. The number of anilines is 1. The van der Waals surface area contributed by atoms with Crippen LogP contribution >= 0.6 is 0 Å². The third-order valence-corrected chi connectivity index (χ3v) is 4.37. The third-order valence-electron chi connectivity index (χ3n) is 4.37. The zero-order chi connectivity index (χ0) is 16.8. The van der Waals surface area contributed by atoms with Gasteiger partial charge in [-0.15, -0.1) is 0 Å². The summed E-state index contributed by atoms with van der Waals surface area (Å²) < 4.78 is 0. The molecule has 1 saturated heterocycles. The van der Waals surface area contributed by atoms with Gasteiger partial charge in [-0.05, 0) is 49.4 Å². The summed E-state index contributed by atoms with van der Waals surface area (Å²) in [6.45, 7) is 4.25. The largest absolute Gasteiger partial charge is 0.373 e. The number of carbonyl (C=O) groups is 1. The fourth-order valence-electron chi connectivity index (χ4n) is 2.95. The average molecular weight is 325 g/mol. The zero-order valence-corrected chi connectivity index (χ0v) is 14.0. The highest BCUT2D eigenvalue weighted by atomic mass is 17.2. The Kier molecular flexibility index (Phi) is 5.49. The van der Waals surface area contributed by atoms with Crippen LogP contribution in [0.5, 0.6) is 0 Å². The first-order chi connectivity index (χ1) is 11.7. The van der Waals surface area contributed by atoms with Crippen LogP contribution in [0, 0.1) is 6.92 Å². The molecule has 1 aliphatic rings. The van der Waals surface area contributed by atoms with Gasteiger partial charge in [-0.2, -0.15) is 4.89 Å². The van der Waals surface area contributed by atoms with Crippen LogP contribution < -0.4 is 4.90 Å². The van der Waals surface area contributed by atoms with Crippen LogP contribution in [0.25, 0.3) is 0 Å². The monoisotopic (exact) mass is 325 g/mol. The molecule has 0 aromatic heterocycles. The van der Waals surface area contributed by atoms with Crippen molar-refractivity contribution in [3.8, 4) is 0 Å². The summed E-state index contributed by atoms with van der Waals surface area (Å²) in [4.78, 5) is 24.8. The topological polar surface area (TPSA) is 38.8 Å². The Balaban J connectivity index is 1.63. The van der Waals surface area contributed by atoms with Gasteiger partial charge in [-0.3, -0.25) is 4.89 Å². The molecule has 3 rings (SSSR count). The van der Waals surface area contributed by atoms with Gasteiger partial charge in [0.25, 0.3) is 0 Å². The lowest BCUT2D eigenvalue weighted by Crippen LogP contribution is -2.29. The molecule has 0 N–H and O–H groups in total. The van der Waals surface area contributed by atoms with Crippen molar-refractivity contribution in [2.45, 2.75) is 32.8 Å². The number of nitrogens with zero attached hydrogens (tertiary/aromatic N) is 1. The normalized spacial score (nSPS) is 14.5. The van der Waals surface area contributed by atoms with Crippen LogP contribution in [-0.4, -0.2) is 19.1 Å². The number of aryl methyl sites for hydroxylation is 1. The summed E-state index contributed by atoms with van der Waals surface area (Å²) in [7, 11) is 0. The Morgan fingerprint density at radius 2 is 1.79 bits per heavy atom. The fraction of sp³-hybridized carbons (Fsp3) is 0.350. The first-order valence-electron chi connectivity index (χ1n) is 8.47. The van der Waals surface area contributed by atoms with Gasteiger partial charge < -0.3 is 4.90 Å². The van der Waals surface area contributed by atoms with Crippen molar-refractivity contribution >= 4 is 11.7 Å². The Morgan fingerprint density at radius 3 is 2.54 bits per heavy atom. The van der Waals surface area contributed by atoms with Crippen molar-refractivity contribution in [3.05, 3.63) is 65.2 Å². The van der Waals surface area contributed by atoms with Crippen molar-refractivity contribution < 1.29 is 14.6 Å². The quantitative estimate of drug-likeness (QED) is 0.608. The van der Waals surface area contributed by atoms with Gasteiger partial charge in [0.15, 0.2) is 0 Å². The van der Waals surface area contributed by atoms with Crippen LogP contribution in [0.2, 0.25) is 0 Å². The molecule has 0 unspecified atom stereocenters. The number of rotatable bonds is 5. The molecule has 0 amide bonds. The SMILES string of the molecule is Cc1ccc(N2CCCCC2)cc1C(=O)OOCc1ccccc1. The molecule has 126 valence electrons. The van der Waals surface area contributed by atoms with E-state index in [0.717, 1.165) is 29.9 Å². The molecule has 1 aliphatic heterocycles. The molecule has 1 heterocycles. The number of benzene rings is 2. The second-order valence-electron chi connectivity index (χ2n) is 6.17. The third kappa shape index (κ3) is 4.15. The van der Waals surface area contributed by atoms with Crippen molar-refractivity contribution in [2.24, 2.45) is 0 Å².